The minimum atomic E-state index is 0.635. The SMILES string of the molecule is CC.CCNc1ccnc(N)c1CC. The molecule has 1 aromatic rings. The van der Waals surface area contributed by atoms with Gasteiger partial charge in [-0.2, -0.15) is 0 Å². The molecule has 1 aromatic heterocycles. The Labute approximate surface area is 86.7 Å². The zero-order valence-corrected chi connectivity index (χ0v) is 9.59. The van der Waals surface area contributed by atoms with Crippen molar-refractivity contribution in [1.29, 1.82) is 0 Å². The lowest BCUT2D eigenvalue weighted by Crippen LogP contribution is -2.04. The Morgan fingerprint density at radius 2 is 2.00 bits per heavy atom. The Morgan fingerprint density at radius 3 is 2.50 bits per heavy atom. The average molecular weight is 195 g/mol. The number of hydrogen-bond acceptors (Lipinski definition) is 3. The standard InChI is InChI=1S/C9H15N3.C2H6/c1-3-7-8(11-4-2)5-6-12-9(7)10;1-2/h5-6H,3-4H2,1-2H3,(H3,10,11,12);1-2H3. The molecule has 3 heteroatoms. The molecule has 0 radical (unpaired) electrons. The van der Waals surface area contributed by atoms with Gasteiger partial charge < -0.3 is 11.1 Å². The normalized spacial score (nSPS) is 8.86. The van der Waals surface area contributed by atoms with E-state index in [2.05, 4.69) is 24.1 Å². The van der Waals surface area contributed by atoms with Gasteiger partial charge in [0.25, 0.3) is 0 Å². The first-order chi connectivity index (χ1) is 6.79. The Kier molecular flexibility index (Phi) is 6.54. The lowest BCUT2D eigenvalue weighted by Gasteiger charge is -2.09. The first-order valence-electron chi connectivity index (χ1n) is 5.26. The molecule has 1 heterocycles. The minimum absolute atomic E-state index is 0.635. The van der Waals surface area contributed by atoms with Crippen LogP contribution in [0.25, 0.3) is 0 Å². The fourth-order valence-electron chi connectivity index (χ4n) is 1.24. The summed E-state index contributed by atoms with van der Waals surface area (Å²) in [7, 11) is 0. The van der Waals surface area contributed by atoms with Crippen LogP contribution in [0, 0.1) is 0 Å². The van der Waals surface area contributed by atoms with Gasteiger partial charge in [0.15, 0.2) is 0 Å². The van der Waals surface area contributed by atoms with E-state index in [1.807, 2.05) is 19.9 Å². The zero-order chi connectivity index (χ0) is 11.0. The van der Waals surface area contributed by atoms with Gasteiger partial charge in [0, 0.05) is 24.0 Å². The van der Waals surface area contributed by atoms with Crippen molar-refractivity contribution in [3.8, 4) is 0 Å². The Bertz CT molecular complexity index is 259. The molecule has 80 valence electrons. The van der Waals surface area contributed by atoms with Crippen LogP contribution in [0.3, 0.4) is 0 Å². The largest absolute Gasteiger partial charge is 0.385 e. The summed E-state index contributed by atoms with van der Waals surface area (Å²) in [6.07, 6.45) is 2.65. The van der Waals surface area contributed by atoms with Crippen molar-refractivity contribution in [2.24, 2.45) is 0 Å². The summed E-state index contributed by atoms with van der Waals surface area (Å²) in [5.41, 5.74) is 7.93. The van der Waals surface area contributed by atoms with Gasteiger partial charge in [-0.3, -0.25) is 0 Å². The third-order valence-electron chi connectivity index (χ3n) is 1.81. The van der Waals surface area contributed by atoms with E-state index in [0.717, 1.165) is 24.2 Å². The van der Waals surface area contributed by atoms with Crippen LogP contribution in [0.4, 0.5) is 11.5 Å². The second-order valence-corrected chi connectivity index (χ2v) is 2.61. The highest BCUT2D eigenvalue weighted by atomic mass is 14.9. The van der Waals surface area contributed by atoms with E-state index in [-0.39, 0.29) is 0 Å². The maximum atomic E-state index is 5.71. The number of pyridine rings is 1. The van der Waals surface area contributed by atoms with Crippen molar-refractivity contribution in [1.82, 2.24) is 4.98 Å². The summed E-state index contributed by atoms with van der Waals surface area (Å²) in [4.78, 5) is 4.03. The highest BCUT2D eigenvalue weighted by Crippen LogP contribution is 2.19. The second kappa shape index (κ2) is 7.18. The molecule has 0 aliphatic carbocycles. The maximum absolute atomic E-state index is 5.71. The number of anilines is 2. The molecule has 3 N–H and O–H groups in total. The van der Waals surface area contributed by atoms with E-state index in [1.165, 1.54) is 0 Å². The van der Waals surface area contributed by atoms with Gasteiger partial charge in [-0.1, -0.05) is 20.8 Å². The molecule has 0 saturated heterocycles. The van der Waals surface area contributed by atoms with E-state index in [0.29, 0.717) is 5.82 Å². The molecule has 3 nitrogen and oxygen atoms in total. The van der Waals surface area contributed by atoms with Crippen LogP contribution in [0.15, 0.2) is 12.3 Å². The van der Waals surface area contributed by atoms with Crippen molar-refractivity contribution in [2.75, 3.05) is 17.6 Å². The van der Waals surface area contributed by atoms with Gasteiger partial charge in [-0.15, -0.1) is 0 Å². The highest BCUT2D eigenvalue weighted by molar-refractivity contribution is 5.59. The Morgan fingerprint density at radius 1 is 1.36 bits per heavy atom. The van der Waals surface area contributed by atoms with Crippen molar-refractivity contribution in [3.63, 3.8) is 0 Å². The number of nitrogens with zero attached hydrogens (tertiary/aromatic N) is 1. The summed E-state index contributed by atoms with van der Waals surface area (Å²) < 4.78 is 0. The summed E-state index contributed by atoms with van der Waals surface area (Å²) in [6, 6.07) is 1.96. The fraction of sp³-hybridized carbons (Fsp3) is 0.545. The van der Waals surface area contributed by atoms with Crippen LogP contribution in [0.2, 0.25) is 0 Å². The molecule has 0 aliphatic rings. The van der Waals surface area contributed by atoms with Crippen LogP contribution in [0.1, 0.15) is 33.3 Å². The fourth-order valence-corrected chi connectivity index (χ4v) is 1.24. The van der Waals surface area contributed by atoms with Gasteiger partial charge in [0.05, 0.1) is 0 Å². The molecule has 14 heavy (non-hydrogen) atoms. The van der Waals surface area contributed by atoms with E-state index in [9.17, 15) is 0 Å². The van der Waals surface area contributed by atoms with Gasteiger partial charge in [0.1, 0.15) is 5.82 Å². The molecule has 0 aromatic carbocycles. The van der Waals surface area contributed by atoms with Crippen LogP contribution >= 0.6 is 0 Å². The molecule has 0 saturated carbocycles. The lowest BCUT2D eigenvalue weighted by atomic mass is 10.1. The summed E-state index contributed by atoms with van der Waals surface area (Å²) in [6.45, 7) is 9.06. The molecule has 0 unspecified atom stereocenters. The maximum Gasteiger partial charge on any atom is 0.128 e. The van der Waals surface area contributed by atoms with Crippen LogP contribution in [-0.2, 0) is 6.42 Å². The average Bonchev–Trinajstić information content (AvgIpc) is 2.22. The molecular formula is C11H21N3. The Balaban J connectivity index is 0.000000791. The van der Waals surface area contributed by atoms with Gasteiger partial charge >= 0.3 is 0 Å². The molecule has 0 spiro atoms. The first-order valence-corrected chi connectivity index (χ1v) is 5.26. The molecule has 1 rings (SSSR count). The van der Waals surface area contributed by atoms with Crippen molar-refractivity contribution in [3.05, 3.63) is 17.8 Å². The summed E-state index contributed by atoms with van der Waals surface area (Å²) in [5, 5.41) is 3.25. The molecule has 0 atom stereocenters. The van der Waals surface area contributed by atoms with Crippen LogP contribution in [0.5, 0.6) is 0 Å². The number of hydrogen-bond donors (Lipinski definition) is 2. The van der Waals surface area contributed by atoms with Crippen molar-refractivity contribution >= 4 is 11.5 Å². The quantitative estimate of drug-likeness (QED) is 0.779. The summed E-state index contributed by atoms with van der Waals surface area (Å²) >= 11 is 0. The monoisotopic (exact) mass is 195 g/mol. The predicted molar refractivity (Wildman–Crippen MR) is 63.5 cm³/mol. The number of nitrogens with two attached hydrogens (primary N) is 1. The predicted octanol–water partition coefficient (Wildman–Crippen LogP) is 2.68. The second-order valence-electron chi connectivity index (χ2n) is 2.61. The summed E-state index contributed by atoms with van der Waals surface area (Å²) in [5.74, 6) is 0.635. The molecular weight excluding hydrogens is 174 g/mol. The molecule has 0 aliphatic heterocycles. The van der Waals surface area contributed by atoms with E-state index in [4.69, 9.17) is 5.73 Å². The van der Waals surface area contributed by atoms with Crippen LogP contribution in [-0.4, -0.2) is 11.5 Å². The minimum Gasteiger partial charge on any atom is -0.385 e. The topological polar surface area (TPSA) is 50.9 Å². The molecule has 0 amide bonds. The highest BCUT2D eigenvalue weighted by Gasteiger charge is 2.02. The zero-order valence-electron chi connectivity index (χ0n) is 9.59. The molecule has 0 bridgehead atoms. The first kappa shape index (κ1) is 12.8. The van der Waals surface area contributed by atoms with E-state index < -0.39 is 0 Å². The number of nitrogen functional groups attached to an aromatic ring is 1. The van der Waals surface area contributed by atoms with E-state index in [1.54, 1.807) is 6.20 Å². The van der Waals surface area contributed by atoms with Crippen molar-refractivity contribution in [2.45, 2.75) is 34.1 Å². The Hall–Kier alpha value is -1.25. The third kappa shape index (κ3) is 3.24. The number of rotatable bonds is 3. The smallest absolute Gasteiger partial charge is 0.128 e. The van der Waals surface area contributed by atoms with Gasteiger partial charge in [-0.05, 0) is 19.4 Å². The van der Waals surface area contributed by atoms with Gasteiger partial charge in [0.2, 0.25) is 0 Å². The van der Waals surface area contributed by atoms with Gasteiger partial charge in [-0.25, -0.2) is 4.98 Å². The molecule has 0 fully saturated rings. The lowest BCUT2D eigenvalue weighted by molar-refractivity contribution is 1.09. The van der Waals surface area contributed by atoms with Crippen LogP contribution < -0.4 is 11.1 Å². The van der Waals surface area contributed by atoms with Crippen molar-refractivity contribution < 1.29 is 0 Å². The van der Waals surface area contributed by atoms with E-state index >= 15 is 0 Å². The number of aromatic nitrogens is 1. The third-order valence-corrected chi connectivity index (χ3v) is 1.81. The number of nitrogens with one attached hydrogen (secondary N) is 1.